The van der Waals surface area contributed by atoms with Gasteiger partial charge in [0.15, 0.2) is 0 Å². The Morgan fingerprint density at radius 3 is 2.32 bits per heavy atom. The summed E-state index contributed by atoms with van der Waals surface area (Å²) in [5, 5.41) is 9.49. The lowest BCUT2D eigenvalue weighted by Crippen LogP contribution is -2.43. The van der Waals surface area contributed by atoms with E-state index in [1.54, 1.807) is 25.1 Å². The average molecular weight is 459 g/mol. The topological polar surface area (TPSA) is 96.7 Å². The van der Waals surface area contributed by atoms with Gasteiger partial charge in [0.2, 0.25) is 0 Å². The van der Waals surface area contributed by atoms with Crippen LogP contribution in [0.1, 0.15) is 37.0 Å². The molecule has 2 aromatic carbocycles. The number of aryl methyl sites for hydroxylation is 1. The Hall–Kier alpha value is -4.18. The molecule has 0 N–H and O–H groups in total. The molecule has 0 bridgehead atoms. The van der Waals surface area contributed by atoms with E-state index < -0.39 is 17.8 Å². The molecule has 0 saturated carbocycles. The summed E-state index contributed by atoms with van der Waals surface area (Å²) in [6.07, 6.45) is 1.94. The molecule has 174 valence electrons. The normalized spacial score (nSPS) is 14.9. The van der Waals surface area contributed by atoms with Crippen LogP contribution in [0.4, 0.5) is 0 Å². The number of hydrogen-bond donors (Lipinski definition) is 0. The Morgan fingerprint density at radius 2 is 1.71 bits per heavy atom. The van der Waals surface area contributed by atoms with E-state index in [1.165, 1.54) is 12.5 Å². The highest BCUT2D eigenvalue weighted by atomic mass is 16.5. The number of hydrogen-bond acceptors (Lipinski definition) is 6. The van der Waals surface area contributed by atoms with Gasteiger partial charge in [0.25, 0.3) is 11.8 Å². The predicted molar refractivity (Wildman–Crippen MR) is 126 cm³/mol. The van der Waals surface area contributed by atoms with Crippen molar-refractivity contribution in [2.45, 2.75) is 33.8 Å². The van der Waals surface area contributed by atoms with Gasteiger partial charge in [0.1, 0.15) is 24.0 Å². The predicted octanol–water partition coefficient (Wildman–Crippen LogP) is 4.12. The fourth-order valence-electron chi connectivity index (χ4n) is 3.45. The van der Waals surface area contributed by atoms with Crippen molar-refractivity contribution >= 4 is 23.9 Å². The largest absolute Gasteiger partial charge is 0.489 e. The van der Waals surface area contributed by atoms with E-state index in [0.29, 0.717) is 17.9 Å². The van der Waals surface area contributed by atoms with Crippen molar-refractivity contribution in [1.29, 1.82) is 5.26 Å². The van der Waals surface area contributed by atoms with Gasteiger partial charge in [0, 0.05) is 19.0 Å². The van der Waals surface area contributed by atoms with Crippen molar-refractivity contribution in [1.82, 2.24) is 4.90 Å². The second-order valence-corrected chi connectivity index (χ2v) is 7.97. The Labute approximate surface area is 198 Å². The maximum atomic E-state index is 13.1. The van der Waals surface area contributed by atoms with Crippen LogP contribution >= 0.6 is 0 Å². The highest BCUT2D eigenvalue weighted by molar-refractivity contribution is 6.19. The number of carbonyl (C=O) groups is 3. The molecule has 2 amide bonds. The first-order chi connectivity index (χ1) is 16.3. The molecule has 7 heteroatoms. The lowest BCUT2D eigenvalue weighted by Gasteiger charge is -2.27. The molecule has 34 heavy (non-hydrogen) atoms. The first kappa shape index (κ1) is 24.5. The number of nitrogens with zero attached hydrogens (tertiary/aromatic N) is 2. The van der Waals surface area contributed by atoms with Gasteiger partial charge < -0.3 is 9.47 Å². The van der Waals surface area contributed by atoms with E-state index in [2.05, 4.69) is 0 Å². The van der Waals surface area contributed by atoms with Gasteiger partial charge in [-0.1, -0.05) is 42.0 Å². The van der Waals surface area contributed by atoms with E-state index in [1.807, 2.05) is 49.4 Å². The molecule has 7 nitrogen and oxygen atoms in total. The minimum absolute atomic E-state index is 0.0481. The molecule has 3 rings (SSSR count). The second-order valence-electron chi connectivity index (χ2n) is 7.97. The smallest absolute Gasteiger partial charge is 0.302 e. The third kappa shape index (κ3) is 5.99. The van der Waals surface area contributed by atoms with Crippen molar-refractivity contribution in [2.24, 2.45) is 0 Å². The number of amides is 2. The van der Waals surface area contributed by atoms with Crippen molar-refractivity contribution < 1.29 is 23.9 Å². The Kier molecular flexibility index (Phi) is 7.99. The first-order valence-corrected chi connectivity index (χ1v) is 10.9. The lowest BCUT2D eigenvalue weighted by atomic mass is 9.93. The van der Waals surface area contributed by atoms with E-state index >= 15 is 0 Å². The van der Waals surface area contributed by atoms with Crippen LogP contribution in [0.25, 0.3) is 6.08 Å². The molecule has 0 fully saturated rings. The molecular formula is C27H26N2O5. The molecule has 0 spiro atoms. The molecular weight excluding hydrogens is 432 g/mol. The van der Waals surface area contributed by atoms with Crippen LogP contribution in [0.5, 0.6) is 5.75 Å². The number of ether oxygens (including phenoxy) is 2. The van der Waals surface area contributed by atoms with E-state index in [4.69, 9.17) is 9.47 Å². The molecule has 0 saturated heterocycles. The molecule has 1 aliphatic heterocycles. The number of nitriles is 1. The van der Waals surface area contributed by atoms with Gasteiger partial charge >= 0.3 is 5.97 Å². The number of benzene rings is 2. The maximum absolute atomic E-state index is 13.1. The number of imide groups is 1. The fraction of sp³-hybridized carbons (Fsp3) is 0.259. The summed E-state index contributed by atoms with van der Waals surface area (Å²) in [5.74, 6) is -0.865. The monoisotopic (exact) mass is 458 g/mol. The number of esters is 1. The van der Waals surface area contributed by atoms with E-state index in [-0.39, 0.29) is 30.7 Å². The summed E-state index contributed by atoms with van der Waals surface area (Å²) in [5.41, 5.74) is 3.53. The zero-order chi connectivity index (χ0) is 24.7. The van der Waals surface area contributed by atoms with Crippen molar-refractivity contribution in [3.8, 4) is 11.8 Å². The van der Waals surface area contributed by atoms with Gasteiger partial charge in [0.05, 0.1) is 6.61 Å². The Morgan fingerprint density at radius 1 is 1.03 bits per heavy atom. The summed E-state index contributed by atoms with van der Waals surface area (Å²) in [6, 6.07) is 17.2. The average Bonchev–Trinajstić information content (AvgIpc) is 2.82. The Bertz CT molecular complexity index is 1190. The third-order valence-electron chi connectivity index (χ3n) is 5.37. The summed E-state index contributed by atoms with van der Waals surface area (Å²) in [4.78, 5) is 37.6. The molecule has 0 radical (unpaired) electrons. The minimum Gasteiger partial charge on any atom is -0.489 e. The van der Waals surface area contributed by atoms with Crippen LogP contribution in [0, 0.1) is 18.3 Å². The van der Waals surface area contributed by atoms with Gasteiger partial charge in [-0.15, -0.1) is 0 Å². The van der Waals surface area contributed by atoms with Gasteiger partial charge in [-0.2, -0.15) is 5.26 Å². The Balaban J connectivity index is 1.75. The molecule has 0 atom stereocenters. The minimum atomic E-state index is -0.634. The molecule has 1 aliphatic rings. The zero-order valence-corrected chi connectivity index (χ0v) is 19.5. The van der Waals surface area contributed by atoms with Crippen LogP contribution in [0.3, 0.4) is 0 Å². The number of carbonyl (C=O) groups excluding carboxylic acids is 3. The lowest BCUT2D eigenvalue weighted by molar-refractivity contribution is -0.141. The zero-order valence-electron chi connectivity index (χ0n) is 19.5. The van der Waals surface area contributed by atoms with Crippen molar-refractivity contribution in [3.05, 3.63) is 81.9 Å². The van der Waals surface area contributed by atoms with Gasteiger partial charge in [-0.3, -0.25) is 19.3 Å². The fourth-order valence-corrected chi connectivity index (χ4v) is 3.45. The van der Waals surface area contributed by atoms with Crippen LogP contribution < -0.4 is 4.74 Å². The highest BCUT2D eigenvalue weighted by Gasteiger charge is 2.35. The van der Waals surface area contributed by atoms with Gasteiger partial charge in [-0.25, -0.2) is 0 Å². The summed E-state index contributed by atoms with van der Waals surface area (Å²) < 4.78 is 10.7. The van der Waals surface area contributed by atoms with Crippen LogP contribution in [-0.2, 0) is 25.7 Å². The van der Waals surface area contributed by atoms with Crippen LogP contribution in [0.2, 0.25) is 0 Å². The van der Waals surface area contributed by atoms with Crippen LogP contribution in [0.15, 0.2) is 65.3 Å². The standard InChI is InChI=1S/C27H26N2O5/c1-18-5-7-22(8-6-18)17-34-23-11-9-21(10-12-23)15-24-19(2)25(16-28)27(32)29(26(24)31)13-4-14-33-20(3)30/h5-12,15H,4,13-14,17H2,1-3H3/b24-15+. The summed E-state index contributed by atoms with van der Waals surface area (Å²) >= 11 is 0. The van der Waals surface area contributed by atoms with Crippen LogP contribution in [-0.4, -0.2) is 35.8 Å². The first-order valence-electron chi connectivity index (χ1n) is 10.9. The molecule has 2 aromatic rings. The maximum Gasteiger partial charge on any atom is 0.302 e. The third-order valence-corrected chi connectivity index (χ3v) is 5.37. The van der Waals surface area contributed by atoms with E-state index in [9.17, 15) is 19.6 Å². The highest BCUT2D eigenvalue weighted by Crippen LogP contribution is 2.27. The second kappa shape index (κ2) is 11.1. The summed E-state index contributed by atoms with van der Waals surface area (Å²) in [7, 11) is 0. The quantitative estimate of drug-likeness (QED) is 0.256. The van der Waals surface area contributed by atoms with Crippen molar-refractivity contribution in [3.63, 3.8) is 0 Å². The number of rotatable bonds is 8. The van der Waals surface area contributed by atoms with Gasteiger partial charge in [-0.05, 0) is 55.2 Å². The molecule has 0 aromatic heterocycles. The SMILES string of the molecule is CC(=O)OCCCN1C(=O)C(C#N)=C(C)/C(=C\c2ccc(OCc3ccc(C)cc3)cc2)C1=O. The van der Waals surface area contributed by atoms with E-state index in [0.717, 1.165) is 16.0 Å². The molecule has 1 heterocycles. The summed E-state index contributed by atoms with van der Waals surface area (Å²) in [6.45, 7) is 5.49. The van der Waals surface area contributed by atoms with Crippen molar-refractivity contribution in [2.75, 3.05) is 13.2 Å². The molecule has 0 aliphatic carbocycles. The molecule has 0 unspecified atom stereocenters.